The molecule has 2 rings (SSSR count). The normalized spacial score (nSPS) is 20.3. The van der Waals surface area contributed by atoms with Gasteiger partial charge in [0.25, 0.3) is 0 Å². The Kier molecular flexibility index (Phi) is 7.04. The van der Waals surface area contributed by atoms with Crippen LogP contribution in [-0.4, -0.2) is 70.0 Å². The van der Waals surface area contributed by atoms with Crippen LogP contribution in [0.25, 0.3) is 0 Å². The summed E-state index contributed by atoms with van der Waals surface area (Å²) in [6.45, 7) is 3.33. The van der Waals surface area contributed by atoms with Gasteiger partial charge in [-0.15, -0.1) is 0 Å². The number of nitrogens with two attached hydrogens (primary N) is 1. The fourth-order valence-electron chi connectivity index (χ4n) is 2.50. The third kappa shape index (κ3) is 5.87. The number of carbonyl (C=O) groups is 3. The lowest BCUT2D eigenvalue weighted by Crippen LogP contribution is -2.52. The Balaban J connectivity index is 2.08. The van der Waals surface area contributed by atoms with E-state index >= 15 is 0 Å². The molecular formula is C14H23N7O6. The van der Waals surface area contributed by atoms with E-state index in [9.17, 15) is 19.5 Å². The van der Waals surface area contributed by atoms with Crippen LogP contribution in [-0.2, 0) is 9.59 Å². The Hall–Kier alpha value is -2.77. The number of aliphatic hydroxyl groups is 1. The Bertz CT molecular complexity index is 673. The number of aromatic nitrogens is 2. The molecule has 13 heteroatoms. The van der Waals surface area contributed by atoms with Crippen molar-refractivity contribution in [1.82, 2.24) is 31.4 Å². The number of carboxylic acids is 1. The van der Waals surface area contributed by atoms with Gasteiger partial charge in [0.1, 0.15) is 6.04 Å². The first kappa shape index (κ1) is 20.5. The summed E-state index contributed by atoms with van der Waals surface area (Å²) < 4.78 is 5.14. The number of rotatable bonds is 8. The molecule has 8 N–H and O–H groups in total. The number of piperazine rings is 1. The summed E-state index contributed by atoms with van der Waals surface area (Å²) in [6.07, 6.45) is -1.67. The number of carbonyl (C=O) groups excluding carboxylic acids is 2. The molecule has 2 heterocycles. The van der Waals surface area contributed by atoms with E-state index in [0.717, 1.165) is 13.1 Å². The van der Waals surface area contributed by atoms with Crippen LogP contribution >= 0.6 is 0 Å². The van der Waals surface area contributed by atoms with E-state index in [-0.39, 0.29) is 18.4 Å². The van der Waals surface area contributed by atoms with Gasteiger partial charge in [0, 0.05) is 19.6 Å². The van der Waals surface area contributed by atoms with E-state index in [1.165, 1.54) is 6.92 Å². The maximum absolute atomic E-state index is 12.1. The van der Waals surface area contributed by atoms with Crippen molar-refractivity contribution >= 4 is 17.9 Å². The molecule has 1 aromatic heterocycles. The number of nitrogens with zero attached hydrogens (tertiary/aromatic N) is 2. The van der Waals surface area contributed by atoms with Gasteiger partial charge in [-0.3, -0.25) is 4.79 Å². The third-order valence-electron chi connectivity index (χ3n) is 3.85. The molecule has 0 radical (unpaired) electrons. The quantitative estimate of drug-likeness (QED) is 0.247. The molecule has 0 spiro atoms. The van der Waals surface area contributed by atoms with Gasteiger partial charge in [0.15, 0.2) is 11.9 Å². The van der Waals surface area contributed by atoms with Crippen molar-refractivity contribution in [3.05, 3.63) is 11.7 Å². The van der Waals surface area contributed by atoms with E-state index in [1.807, 2.05) is 0 Å². The molecule has 1 aliphatic rings. The van der Waals surface area contributed by atoms with Crippen molar-refractivity contribution in [2.45, 2.75) is 37.6 Å². The standard InChI is InChI=1S/C14H23N7O6/c1-6(22)10(13(24)25)19-14(26)18-7(4-9(15)23)12-20-11(21-27-12)8-5-16-2-3-17-8/h6-8,10,16-17,22H,2-5H2,1H3,(H2,15,23)(H,24,25)(H2,18,19,26)/t6?,7-,8-,10?/m0/s1. The average molecular weight is 385 g/mol. The molecular weight excluding hydrogens is 362 g/mol. The minimum absolute atomic E-state index is 0.0461. The Morgan fingerprint density at radius 2 is 2.11 bits per heavy atom. The molecule has 1 aliphatic heterocycles. The second-order valence-corrected chi connectivity index (χ2v) is 6.10. The first-order chi connectivity index (χ1) is 12.8. The summed E-state index contributed by atoms with van der Waals surface area (Å²) in [7, 11) is 0. The van der Waals surface area contributed by atoms with Crippen LogP contribution in [0.3, 0.4) is 0 Å². The molecule has 2 unspecified atom stereocenters. The molecule has 4 atom stereocenters. The highest BCUT2D eigenvalue weighted by molar-refractivity contribution is 5.83. The third-order valence-corrected chi connectivity index (χ3v) is 3.85. The van der Waals surface area contributed by atoms with E-state index in [4.69, 9.17) is 15.4 Å². The minimum atomic E-state index is -1.53. The van der Waals surface area contributed by atoms with E-state index in [0.29, 0.717) is 12.4 Å². The zero-order valence-electron chi connectivity index (χ0n) is 14.6. The van der Waals surface area contributed by atoms with Crippen molar-refractivity contribution in [3.8, 4) is 0 Å². The molecule has 27 heavy (non-hydrogen) atoms. The van der Waals surface area contributed by atoms with Gasteiger partial charge in [0.05, 0.1) is 18.6 Å². The van der Waals surface area contributed by atoms with Gasteiger partial charge in [-0.25, -0.2) is 9.59 Å². The molecule has 13 nitrogen and oxygen atoms in total. The molecule has 3 amide bonds. The van der Waals surface area contributed by atoms with Crippen LogP contribution in [0.4, 0.5) is 4.79 Å². The van der Waals surface area contributed by atoms with Gasteiger partial charge < -0.3 is 41.7 Å². The smallest absolute Gasteiger partial charge is 0.328 e. The van der Waals surface area contributed by atoms with Crippen molar-refractivity contribution in [2.24, 2.45) is 5.73 Å². The molecule has 1 saturated heterocycles. The van der Waals surface area contributed by atoms with Crippen LogP contribution < -0.4 is 27.0 Å². The number of primary amides is 1. The summed E-state index contributed by atoms with van der Waals surface area (Å²) in [5.74, 6) is -1.85. The molecule has 1 aromatic rings. The maximum atomic E-state index is 12.1. The molecule has 1 fully saturated rings. The zero-order valence-corrected chi connectivity index (χ0v) is 14.6. The second kappa shape index (κ2) is 9.25. The molecule has 0 aliphatic carbocycles. The highest BCUT2D eigenvalue weighted by atomic mass is 16.5. The van der Waals surface area contributed by atoms with Gasteiger partial charge in [0.2, 0.25) is 11.8 Å². The largest absolute Gasteiger partial charge is 0.480 e. The number of hydrogen-bond acceptors (Lipinski definition) is 9. The van der Waals surface area contributed by atoms with Crippen LogP contribution in [0.2, 0.25) is 0 Å². The van der Waals surface area contributed by atoms with Crippen molar-refractivity contribution in [1.29, 1.82) is 0 Å². The zero-order chi connectivity index (χ0) is 20.0. The van der Waals surface area contributed by atoms with Gasteiger partial charge >= 0.3 is 12.0 Å². The summed E-state index contributed by atoms with van der Waals surface area (Å²) in [6, 6.07) is -3.71. The number of carboxylic acid groups (broad SMARTS) is 1. The monoisotopic (exact) mass is 385 g/mol. The van der Waals surface area contributed by atoms with Gasteiger partial charge in [-0.1, -0.05) is 5.16 Å². The fraction of sp³-hybridized carbons (Fsp3) is 0.643. The van der Waals surface area contributed by atoms with Crippen molar-refractivity contribution in [2.75, 3.05) is 19.6 Å². The highest BCUT2D eigenvalue weighted by Crippen LogP contribution is 2.18. The molecule has 0 saturated carbocycles. The van der Waals surface area contributed by atoms with Crippen molar-refractivity contribution in [3.63, 3.8) is 0 Å². The number of aliphatic carboxylic acids is 1. The number of hydrogen-bond donors (Lipinski definition) is 7. The summed E-state index contributed by atoms with van der Waals surface area (Å²) in [5.41, 5.74) is 5.20. The first-order valence-corrected chi connectivity index (χ1v) is 8.31. The summed E-state index contributed by atoms with van der Waals surface area (Å²) >= 11 is 0. The van der Waals surface area contributed by atoms with Gasteiger partial charge in [-0.05, 0) is 6.92 Å². The Morgan fingerprint density at radius 3 is 2.67 bits per heavy atom. The van der Waals surface area contributed by atoms with E-state index < -0.39 is 36.1 Å². The Labute approximate surface area is 154 Å². The van der Waals surface area contributed by atoms with E-state index in [1.54, 1.807) is 0 Å². The fourth-order valence-corrected chi connectivity index (χ4v) is 2.50. The number of amides is 3. The molecule has 0 bridgehead atoms. The maximum Gasteiger partial charge on any atom is 0.328 e. The van der Waals surface area contributed by atoms with Crippen LogP contribution in [0.5, 0.6) is 0 Å². The van der Waals surface area contributed by atoms with Crippen LogP contribution in [0, 0.1) is 0 Å². The Morgan fingerprint density at radius 1 is 1.37 bits per heavy atom. The lowest BCUT2D eigenvalue weighted by Gasteiger charge is -2.21. The summed E-state index contributed by atoms with van der Waals surface area (Å²) in [4.78, 5) is 38.6. The average Bonchev–Trinajstić information content (AvgIpc) is 3.09. The minimum Gasteiger partial charge on any atom is -0.480 e. The predicted molar refractivity (Wildman–Crippen MR) is 89.2 cm³/mol. The lowest BCUT2D eigenvalue weighted by atomic mass is 10.2. The number of aliphatic hydroxyl groups excluding tert-OH is 1. The SMILES string of the molecule is CC(O)C(NC(=O)N[C@@H](CC(N)=O)c1nc([C@@H]2CNCCN2)no1)C(=O)O. The second-order valence-electron chi connectivity index (χ2n) is 6.10. The molecule has 0 aromatic carbocycles. The van der Waals surface area contributed by atoms with E-state index in [2.05, 4.69) is 31.4 Å². The van der Waals surface area contributed by atoms with Crippen LogP contribution in [0.1, 0.15) is 37.1 Å². The first-order valence-electron chi connectivity index (χ1n) is 8.31. The highest BCUT2D eigenvalue weighted by Gasteiger charge is 2.29. The number of urea groups is 1. The number of nitrogens with one attached hydrogen (secondary N) is 4. The summed E-state index contributed by atoms with van der Waals surface area (Å²) in [5, 5.41) is 33.1. The predicted octanol–water partition coefficient (Wildman–Crippen LogP) is -2.65. The topological polar surface area (TPSA) is 205 Å². The van der Waals surface area contributed by atoms with Crippen molar-refractivity contribution < 1.29 is 29.1 Å². The lowest BCUT2D eigenvalue weighted by molar-refractivity contribution is -0.141. The molecule has 150 valence electrons. The van der Waals surface area contributed by atoms with Crippen LogP contribution in [0.15, 0.2) is 4.52 Å². The van der Waals surface area contributed by atoms with Gasteiger partial charge in [-0.2, -0.15) is 4.98 Å².